The number of hydrogen-bond donors (Lipinski definition) is 3. The van der Waals surface area contributed by atoms with Crippen LogP contribution in [0.2, 0.25) is 5.02 Å². The minimum Gasteiger partial charge on any atom is -0.480 e. The van der Waals surface area contributed by atoms with Gasteiger partial charge in [0.15, 0.2) is 5.13 Å². The fraction of sp³-hybridized carbons (Fsp3) is 0.0909. The van der Waals surface area contributed by atoms with Crippen LogP contribution < -0.4 is 11.1 Å². The molecule has 19 heavy (non-hydrogen) atoms. The molecule has 0 bridgehead atoms. The summed E-state index contributed by atoms with van der Waals surface area (Å²) < 4.78 is 0.762. The number of rotatable bonds is 4. The molecule has 1 aromatic carbocycles. The number of aromatic nitrogens is 1. The zero-order valence-electron chi connectivity index (χ0n) is 9.43. The molecule has 0 aliphatic heterocycles. The van der Waals surface area contributed by atoms with Gasteiger partial charge in [-0.2, -0.15) is 0 Å². The quantitative estimate of drug-likeness (QED) is 0.776. The van der Waals surface area contributed by atoms with Crippen LogP contribution in [0.5, 0.6) is 0 Å². The molecule has 0 aliphatic rings. The second-order valence-corrected chi connectivity index (χ2v) is 5.77. The summed E-state index contributed by atoms with van der Waals surface area (Å²) in [6, 6.07) is 4.24. The third-order valence-corrected chi connectivity index (χ3v) is 4.27. The lowest BCUT2D eigenvalue weighted by atomic mass is 10.2. The first-order valence-corrected chi connectivity index (χ1v) is 7.18. The van der Waals surface area contributed by atoms with Crippen molar-refractivity contribution < 1.29 is 9.90 Å². The molecule has 0 aliphatic carbocycles. The van der Waals surface area contributed by atoms with Crippen LogP contribution in [0, 0.1) is 0 Å². The fourth-order valence-corrected chi connectivity index (χ4v) is 2.57. The van der Waals surface area contributed by atoms with E-state index in [1.807, 2.05) is 0 Å². The Hall–Kier alpha value is -1.15. The smallest absolute Gasteiger partial charge is 0.326 e. The topological polar surface area (TPSA) is 88.2 Å². The highest BCUT2D eigenvalue weighted by atomic mass is 79.9. The van der Waals surface area contributed by atoms with Gasteiger partial charge in [-0.3, -0.25) is 4.79 Å². The van der Waals surface area contributed by atoms with E-state index in [4.69, 9.17) is 22.4 Å². The molecule has 1 unspecified atom stereocenters. The van der Waals surface area contributed by atoms with Crippen LogP contribution in [0.4, 0.5) is 10.8 Å². The van der Waals surface area contributed by atoms with E-state index in [9.17, 15) is 4.79 Å². The molecule has 0 amide bonds. The highest BCUT2D eigenvalue weighted by molar-refractivity contribution is 9.10. The number of hydrogen-bond acceptors (Lipinski definition) is 5. The van der Waals surface area contributed by atoms with Crippen molar-refractivity contribution >= 4 is 55.7 Å². The number of carbonyl (C=O) groups is 1. The zero-order valence-corrected chi connectivity index (χ0v) is 12.6. The molecule has 1 heterocycles. The third-order valence-electron chi connectivity index (χ3n) is 2.28. The van der Waals surface area contributed by atoms with E-state index >= 15 is 0 Å². The van der Waals surface area contributed by atoms with Gasteiger partial charge in [-0.05, 0) is 34.1 Å². The van der Waals surface area contributed by atoms with Gasteiger partial charge in [0, 0.05) is 15.5 Å². The maximum atomic E-state index is 10.7. The van der Waals surface area contributed by atoms with Gasteiger partial charge >= 0.3 is 5.97 Å². The minimum atomic E-state index is -1.11. The molecule has 8 heteroatoms. The van der Waals surface area contributed by atoms with Crippen molar-refractivity contribution in [1.82, 2.24) is 4.98 Å². The van der Waals surface area contributed by atoms with E-state index in [0.717, 1.165) is 10.2 Å². The molecule has 0 spiro atoms. The van der Waals surface area contributed by atoms with Crippen molar-refractivity contribution in [3.63, 3.8) is 0 Å². The van der Waals surface area contributed by atoms with Gasteiger partial charge in [0.1, 0.15) is 6.04 Å². The van der Waals surface area contributed by atoms with Crippen LogP contribution in [-0.2, 0) is 4.79 Å². The van der Waals surface area contributed by atoms with Crippen LogP contribution in [0.15, 0.2) is 28.1 Å². The maximum absolute atomic E-state index is 10.7. The van der Waals surface area contributed by atoms with Crippen molar-refractivity contribution in [1.29, 1.82) is 0 Å². The van der Waals surface area contributed by atoms with Gasteiger partial charge in [-0.15, -0.1) is 11.3 Å². The highest BCUT2D eigenvalue weighted by Gasteiger charge is 2.17. The number of carboxylic acid groups (broad SMARTS) is 1. The molecule has 5 nitrogen and oxygen atoms in total. The predicted octanol–water partition coefficient (Wildman–Crippen LogP) is 3.39. The SMILES string of the molecule is NC(C(=O)O)c1csc(Nc2ccc(Cl)c(Br)c2)n1. The monoisotopic (exact) mass is 361 g/mol. The lowest BCUT2D eigenvalue weighted by molar-refractivity contribution is -0.138. The Bertz CT molecular complexity index is 620. The molecule has 0 saturated heterocycles. The molecular weight excluding hydrogens is 354 g/mol. The fourth-order valence-electron chi connectivity index (χ4n) is 1.31. The Morgan fingerprint density at radius 2 is 2.32 bits per heavy atom. The predicted molar refractivity (Wildman–Crippen MR) is 79.1 cm³/mol. The average molecular weight is 363 g/mol. The molecular formula is C11H9BrClN3O2S. The summed E-state index contributed by atoms with van der Waals surface area (Å²) >= 11 is 10.5. The average Bonchev–Trinajstić information content (AvgIpc) is 2.81. The molecule has 2 rings (SSSR count). The Kier molecular flexibility index (Phi) is 4.41. The van der Waals surface area contributed by atoms with Crippen molar-refractivity contribution in [2.24, 2.45) is 5.73 Å². The summed E-state index contributed by atoms with van der Waals surface area (Å²) in [6.07, 6.45) is 0. The van der Waals surface area contributed by atoms with Gasteiger partial charge in [-0.1, -0.05) is 11.6 Å². The van der Waals surface area contributed by atoms with Gasteiger partial charge in [0.05, 0.1) is 10.7 Å². The largest absolute Gasteiger partial charge is 0.480 e. The first-order valence-electron chi connectivity index (χ1n) is 5.13. The summed E-state index contributed by atoms with van der Waals surface area (Å²) in [5.41, 5.74) is 6.60. The van der Waals surface area contributed by atoms with Gasteiger partial charge in [-0.25, -0.2) is 4.98 Å². The number of halogens is 2. The van der Waals surface area contributed by atoms with E-state index in [-0.39, 0.29) is 0 Å². The van der Waals surface area contributed by atoms with E-state index in [1.165, 1.54) is 11.3 Å². The maximum Gasteiger partial charge on any atom is 0.326 e. The van der Waals surface area contributed by atoms with Crippen LogP contribution in [0.3, 0.4) is 0 Å². The first-order chi connectivity index (χ1) is 8.97. The zero-order chi connectivity index (χ0) is 14.0. The van der Waals surface area contributed by atoms with Crippen molar-refractivity contribution in [3.05, 3.63) is 38.8 Å². The van der Waals surface area contributed by atoms with Crippen LogP contribution in [-0.4, -0.2) is 16.1 Å². The lowest BCUT2D eigenvalue weighted by Gasteiger charge is -2.04. The summed E-state index contributed by atoms with van der Waals surface area (Å²) in [7, 11) is 0. The van der Waals surface area contributed by atoms with Crippen LogP contribution >= 0.6 is 38.9 Å². The summed E-state index contributed by atoms with van der Waals surface area (Å²) in [5, 5.41) is 14.7. The molecule has 0 saturated carbocycles. The van der Waals surface area contributed by atoms with Crippen molar-refractivity contribution in [2.75, 3.05) is 5.32 Å². The van der Waals surface area contributed by atoms with Crippen LogP contribution in [0.25, 0.3) is 0 Å². The second-order valence-electron chi connectivity index (χ2n) is 3.65. The molecule has 4 N–H and O–H groups in total. The van der Waals surface area contributed by atoms with Gasteiger partial charge in [0.25, 0.3) is 0 Å². The number of anilines is 2. The standard InChI is InChI=1S/C11H9BrClN3O2S/c12-6-3-5(1-2-7(6)13)15-11-16-8(4-19-11)9(14)10(17)18/h1-4,9H,14H2,(H,15,16)(H,17,18). The molecule has 1 atom stereocenters. The number of nitrogens with one attached hydrogen (secondary N) is 1. The highest BCUT2D eigenvalue weighted by Crippen LogP contribution is 2.29. The first kappa shape index (κ1) is 14.3. The molecule has 0 fully saturated rings. The Labute approximate surface area is 126 Å². The summed E-state index contributed by atoms with van der Waals surface area (Å²) in [5.74, 6) is -1.11. The third kappa shape index (κ3) is 3.44. The number of nitrogens with zero attached hydrogens (tertiary/aromatic N) is 1. The van der Waals surface area contributed by atoms with E-state index in [2.05, 4.69) is 26.2 Å². The number of aliphatic carboxylic acids is 1. The number of benzene rings is 1. The second kappa shape index (κ2) is 5.87. The summed E-state index contributed by atoms with van der Waals surface area (Å²) in [6.45, 7) is 0. The normalized spacial score (nSPS) is 12.2. The van der Waals surface area contributed by atoms with Gasteiger partial charge < -0.3 is 16.2 Å². The number of thiazole rings is 1. The van der Waals surface area contributed by atoms with Crippen LogP contribution in [0.1, 0.15) is 11.7 Å². The Balaban J connectivity index is 2.15. The minimum absolute atomic E-state index is 0.327. The molecule has 1 aromatic heterocycles. The van der Waals surface area contributed by atoms with E-state index in [0.29, 0.717) is 15.8 Å². The lowest BCUT2D eigenvalue weighted by Crippen LogP contribution is -2.20. The molecule has 2 aromatic rings. The van der Waals surface area contributed by atoms with Crippen molar-refractivity contribution in [2.45, 2.75) is 6.04 Å². The Morgan fingerprint density at radius 1 is 1.58 bits per heavy atom. The van der Waals surface area contributed by atoms with Gasteiger partial charge in [0.2, 0.25) is 0 Å². The number of carboxylic acids is 1. The summed E-state index contributed by atoms with van der Waals surface area (Å²) in [4.78, 5) is 14.9. The number of nitrogens with two attached hydrogens (primary N) is 1. The van der Waals surface area contributed by atoms with Crippen molar-refractivity contribution in [3.8, 4) is 0 Å². The molecule has 0 radical (unpaired) electrons. The van der Waals surface area contributed by atoms with E-state index < -0.39 is 12.0 Å². The Morgan fingerprint density at radius 3 is 2.95 bits per heavy atom. The van der Waals surface area contributed by atoms with E-state index in [1.54, 1.807) is 23.6 Å². The molecule has 100 valence electrons.